The predicted molar refractivity (Wildman–Crippen MR) is 147 cm³/mol. The number of fused-ring (bicyclic) bond motifs is 1. The molecule has 2 aromatic carbocycles. The second-order valence-corrected chi connectivity index (χ2v) is 10.7. The van der Waals surface area contributed by atoms with E-state index >= 15 is 0 Å². The standard InChI is InChI=1S/C27H21N3O2S3/c1-18-9-8-15-29-23(18)28-24(34-20-12-6-3-7-13-20)21(25(29)31)17-22-26(32)30(27(33)35-22)16-14-19-10-4-2-5-11-19/h2-13,15,17H,14,16H2,1H3. The van der Waals surface area contributed by atoms with E-state index in [2.05, 4.69) is 0 Å². The summed E-state index contributed by atoms with van der Waals surface area (Å²) in [5.41, 5.74) is 2.80. The molecule has 0 bridgehead atoms. The van der Waals surface area contributed by atoms with E-state index < -0.39 is 0 Å². The van der Waals surface area contributed by atoms with Crippen molar-refractivity contribution in [2.75, 3.05) is 6.54 Å². The van der Waals surface area contributed by atoms with Crippen LogP contribution in [0.5, 0.6) is 0 Å². The van der Waals surface area contributed by atoms with Crippen molar-refractivity contribution in [2.24, 2.45) is 0 Å². The molecule has 0 N–H and O–H groups in total. The number of amides is 1. The average Bonchev–Trinajstić information content (AvgIpc) is 3.14. The lowest BCUT2D eigenvalue weighted by molar-refractivity contribution is -0.122. The van der Waals surface area contributed by atoms with Gasteiger partial charge >= 0.3 is 0 Å². The highest BCUT2D eigenvalue weighted by molar-refractivity contribution is 8.26. The Morgan fingerprint density at radius 2 is 1.71 bits per heavy atom. The number of pyridine rings is 1. The molecular formula is C27H21N3O2S3. The van der Waals surface area contributed by atoms with Crippen molar-refractivity contribution in [3.63, 3.8) is 0 Å². The number of aryl methyl sites for hydroxylation is 1. The van der Waals surface area contributed by atoms with Crippen LogP contribution in [0.15, 0.2) is 98.6 Å². The van der Waals surface area contributed by atoms with E-state index in [1.54, 1.807) is 17.2 Å². The first-order valence-electron chi connectivity index (χ1n) is 11.1. The van der Waals surface area contributed by atoms with Crippen molar-refractivity contribution < 1.29 is 4.79 Å². The molecule has 1 saturated heterocycles. The number of hydrogen-bond acceptors (Lipinski definition) is 6. The molecule has 8 heteroatoms. The summed E-state index contributed by atoms with van der Waals surface area (Å²) in [7, 11) is 0. The number of rotatable bonds is 6. The van der Waals surface area contributed by atoms with Gasteiger partial charge in [-0.2, -0.15) is 0 Å². The van der Waals surface area contributed by atoms with Gasteiger partial charge in [0.2, 0.25) is 0 Å². The predicted octanol–water partition coefficient (Wildman–Crippen LogP) is 5.60. The first kappa shape index (κ1) is 23.5. The number of hydrogen-bond donors (Lipinski definition) is 0. The topological polar surface area (TPSA) is 54.7 Å². The van der Waals surface area contributed by atoms with Crippen molar-refractivity contribution in [2.45, 2.75) is 23.3 Å². The van der Waals surface area contributed by atoms with Crippen LogP contribution in [0.25, 0.3) is 11.7 Å². The molecule has 2 aromatic heterocycles. The maximum absolute atomic E-state index is 13.6. The highest BCUT2D eigenvalue weighted by Crippen LogP contribution is 2.35. The van der Waals surface area contributed by atoms with E-state index in [1.807, 2.05) is 79.7 Å². The fourth-order valence-corrected chi connectivity index (χ4v) is 6.00. The zero-order chi connectivity index (χ0) is 24.4. The fourth-order valence-electron chi connectivity index (χ4n) is 3.80. The number of thiocarbonyl (C=S) groups is 1. The largest absolute Gasteiger partial charge is 0.293 e. The molecule has 35 heavy (non-hydrogen) atoms. The van der Waals surface area contributed by atoms with Crippen LogP contribution in [0.1, 0.15) is 16.7 Å². The molecule has 1 amide bonds. The number of benzene rings is 2. The van der Waals surface area contributed by atoms with Gasteiger partial charge in [-0.25, -0.2) is 4.98 Å². The van der Waals surface area contributed by atoms with E-state index in [9.17, 15) is 9.59 Å². The number of thioether (sulfide) groups is 1. The van der Waals surface area contributed by atoms with Crippen molar-refractivity contribution in [3.05, 3.63) is 111 Å². The van der Waals surface area contributed by atoms with Gasteiger partial charge in [-0.1, -0.05) is 90.3 Å². The van der Waals surface area contributed by atoms with E-state index in [1.165, 1.54) is 27.9 Å². The lowest BCUT2D eigenvalue weighted by Gasteiger charge is -2.14. The lowest BCUT2D eigenvalue weighted by Crippen LogP contribution is -2.30. The molecule has 1 fully saturated rings. The van der Waals surface area contributed by atoms with Crippen LogP contribution >= 0.6 is 35.7 Å². The maximum Gasteiger partial charge on any atom is 0.266 e. The second-order valence-electron chi connectivity index (χ2n) is 8.00. The van der Waals surface area contributed by atoms with Crippen LogP contribution in [0, 0.1) is 6.92 Å². The van der Waals surface area contributed by atoms with E-state index in [0.717, 1.165) is 16.0 Å². The van der Waals surface area contributed by atoms with Gasteiger partial charge in [0, 0.05) is 17.6 Å². The third kappa shape index (κ3) is 4.96. The van der Waals surface area contributed by atoms with Crippen LogP contribution in [-0.2, 0) is 11.2 Å². The van der Waals surface area contributed by atoms with Gasteiger partial charge in [-0.15, -0.1) is 0 Å². The Morgan fingerprint density at radius 1 is 1.00 bits per heavy atom. The van der Waals surface area contributed by atoms with Gasteiger partial charge in [0.25, 0.3) is 11.5 Å². The summed E-state index contributed by atoms with van der Waals surface area (Å²) in [4.78, 5) is 34.6. The first-order chi connectivity index (χ1) is 17.0. The monoisotopic (exact) mass is 515 g/mol. The van der Waals surface area contributed by atoms with Crippen molar-refractivity contribution in [1.29, 1.82) is 0 Å². The quantitative estimate of drug-likeness (QED) is 0.189. The molecule has 0 saturated carbocycles. The SMILES string of the molecule is Cc1cccn2c(=O)c(C=C3SC(=S)N(CCc4ccccc4)C3=O)c(Sc3ccccc3)nc12. The van der Waals surface area contributed by atoms with Crippen LogP contribution in [-0.4, -0.2) is 31.1 Å². The summed E-state index contributed by atoms with van der Waals surface area (Å²) < 4.78 is 2.03. The Kier molecular flexibility index (Phi) is 6.86. The number of carbonyl (C=O) groups is 1. The van der Waals surface area contributed by atoms with Crippen LogP contribution in [0.4, 0.5) is 0 Å². The smallest absolute Gasteiger partial charge is 0.266 e. The van der Waals surface area contributed by atoms with Gasteiger partial charge < -0.3 is 0 Å². The molecule has 0 aliphatic carbocycles. The van der Waals surface area contributed by atoms with Gasteiger partial charge in [0.05, 0.1) is 10.5 Å². The first-order valence-corrected chi connectivity index (χ1v) is 13.1. The van der Waals surface area contributed by atoms with Crippen molar-refractivity contribution in [3.8, 4) is 0 Å². The normalized spacial score (nSPS) is 14.9. The van der Waals surface area contributed by atoms with Gasteiger partial charge in [0.15, 0.2) is 0 Å². The minimum Gasteiger partial charge on any atom is -0.293 e. The summed E-state index contributed by atoms with van der Waals surface area (Å²) in [6, 6.07) is 23.5. The Balaban J connectivity index is 1.53. The molecule has 5 rings (SSSR count). The minimum atomic E-state index is -0.216. The Bertz CT molecular complexity index is 1520. The van der Waals surface area contributed by atoms with Gasteiger partial charge in [-0.05, 0) is 48.7 Å². The van der Waals surface area contributed by atoms with Crippen LogP contribution in [0.3, 0.4) is 0 Å². The molecule has 0 atom stereocenters. The molecule has 174 valence electrons. The average molecular weight is 516 g/mol. The van der Waals surface area contributed by atoms with Crippen molar-refractivity contribution in [1.82, 2.24) is 14.3 Å². The highest BCUT2D eigenvalue weighted by atomic mass is 32.2. The minimum absolute atomic E-state index is 0.180. The zero-order valence-electron chi connectivity index (χ0n) is 18.9. The number of aromatic nitrogens is 2. The van der Waals surface area contributed by atoms with E-state index in [4.69, 9.17) is 17.2 Å². The summed E-state index contributed by atoms with van der Waals surface area (Å²) in [6.45, 7) is 2.42. The third-order valence-electron chi connectivity index (χ3n) is 5.62. The maximum atomic E-state index is 13.6. The van der Waals surface area contributed by atoms with Crippen LogP contribution in [0.2, 0.25) is 0 Å². The molecule has 4 aromatic rings. The van der Waals surface area contributed by atoms with Gasteiger partial charge in [0.1, 0.15) is 15.0 Å². The molecule has 0 unspecified atom stereocenters. The summed E-state index contributed by atoms with van der Waals surface area (Å²) in [5, 5.41) is 0.560. The Morgan fingerprint density at radius 3 is 2.46 bits per heavy atom. The Hall–Kier alpha value is -3.20. The third-order valence-corrected chi connectivity index (χ3v) is 8.01. The molecule has 5 nitrogen and oxygen atoms in total. The molecule has 0 spiro atoms. The summed E-state index contributed by atoms with van der Waals surface area (Å²) in [5.74, 6) is -0.180. The molecule has 1 aliphatic heterocycles. The zero-order valence-corrected chi connectivity index (χ0v) is 21.3. The fraction of sp³-hybridized carbons (Fsp3) is 0.111. The molecular weight excluding hydrogens is 495 g/mol. The van der Waals surface area contributed by atoms with Crippen LogP contribution < -0.4 is 5.56 Å². The number of carbonyl (C=O) groups excluding carboxylic acids is 1. The lowest BCUT2D eigenvalue weighted by atomic mass is 10.1. The Labute approximate surface area is 216 Å². The molecule has 0 radical (unpaired) electrons. The highest BCUT2D eigenvalue weighted by Gasteiger charge is 2.32. The molecule has 3 heterocycles. The van der Waals surface area contributed by atoms with E-state index in [-0.39, 0.29) is 11.5 Å². The van der Waals surface area contributed by atoms with Gasteiger partial charge in [-0.3, -0.25) is 18.9 Å². The summed E-state index contributed by atoms with van der Waals surface area (Å²) in [6.07, 6.45) is 4.06. The van der Waals surface area contributed by atoms with Crippen molar-refractivity contribution >= 4 is 57.7 Å². The second kappa shape index (κ2) is 10.2. The van der Waals surface area contributed by atoms with E-state index in [0.29, 0.717) is 38.4 Å². The molecule has 1 aliphatic rings. The summed E-state index contributed by atoms with van der Waals surface area (Å²) >= 11 is 8.15. The number of nitrogens with zero attached hydrogens (tertiary/aromatic N) is 3.